The summed E-state index contributed by atoms with van der Waals surface area (Å²) in [7, 11) is 3.10. The van der Waals surface area contributed by atoms with Crippen LogP contribution in [0, 0.1) is 12.7 Å². The summed E-state index contributed by atoms with van der Waals surface area (Å²) < 4.78 is 25.8. The summed E-state index contributed by atoms with van der Waals surface area (Å²) in [6, 6.07) is 4.84. The second kappa shape index (κ2) is 6.58. The molecule has 1 aromatic carbocycles. The van der Waals surface area contributed by atoms with Crippen molar-refractivity contribution in [3.05, 3.63) is 35.9 Å². The number of methoxy groups -OCH3 is 2. The third-order valence-electron chi connectivity index (χ3n) is 3.14. The number of aryl methyl sites for hydroxylation is 1. The Morgan fingerprint density at radius 2 is 2.14 bits per heavy atom. The van der Waals surface area contributed by atoms with Crippen molar-refractivity contribution in [2.24, 2.45) is 0 Å². The Labute approximate surface area is 123 Å². The summed E-state index contributed by atoms with van der Waals surface area (Å²) in [4.78, 5) is 4.42. The lowest BCUT2D eigenvalue weighted by Crippen LogP contribution is -2.12. The fraction of sp³-hybridized carbons (Fsp3) is 0.400. The van der Waals surface area contributed by atoms with Gasteiger partial charge in [0.2, 0.25) is 5.95 Å². The number of nitrogens with one attached hydrogen (secondary N) is 1. The molecule has 5 nitrogen and oxygen atoms in total. The van der Waals surface area contributed by atoms with E-state index in [1.807, 2.05) is 24.6 Å². The Morgan fingerprint density at radius 3 is 2.76 bits per heavy atom. The molecule has 6 heteroatoms. The SMILES string of the molecule is COCC(C)n1cc(C)nc1Nc1ccc(OC)c(F)c1. The molecular formula is C15H20FN3O2. The molecule has 0 aliphatic carbocycles. The smallest absolute Gasteiger partial charge is 0.207 e. The van der Waals surface area contributed by atoms with Crippen LogP contribution in [0.4, 0.5) is 16.0 Å². The van der Waals surface area contributed by atoms with Gasteiger partial charge in [-0.05, 0) is 26.0 Å². The Hall–Kier alpha value is -2.08. The zero-order valence-corrected chi connectivity index (χ0v) is 12.7. The molecule has 2 rings (SSSR count). The summed E-state index contributed by atoms with van der Waals surface area (Å²) in [5.41, 5.74) is 1.50. The highest BCUT2D eigenvalue weighted by Gasteiger charge is 2.13. The van der Waals surface area contributed by atoms with Crippen molar-refractivity contribution in [2.45, 2.75) is 19.9 Å². The van der Waals surface area contributed by atoms with Gasteiger partial charge in [0.05, 0.1) is 25.5 Å². The molecule has 0 aliphatic rings. The molecule has 0 spiro atoms. The number of hydrogen-bond donors (Lipinski definition) is 1. The van der Waals surface area contributed by atoms with Gasteiger partial charge in [0.15, 0.2) is 11.6 Å². The fourth-order valence-corrected chi connectivity index (χ4v) is 2.14. The van der Waals surface area contributed by atoms with E-state index in [9.17, 15) is 4.39 Å². The first-order valence-corrected chi connectivity index (χ1v) is 6.70. The number of rotatable bonds is 6. The van der Waals surface area contributed by atoms with Crippen molar-refractivity contribution in [1.82, 2.24) is 9.55 Å². The highest BCUT2D eigenvalue weighted by Crippen LogP contribution is 2.24. The van der Waals surface area contributed by atoms with Crippen LogP contribution in [-0.4, -0.2) is 30.4 Å². The number of imidazole rings is 1. The Bertz CT molecular complexity index is 613. The highest BCUT2D eigenvalue weighted by atomic mass is 19.1. The van der Waals surface area contributed by atoms with Crippen molar-refractivity contribution in [3.8, 4) is 5.75 Å². The van der Waals surface area contributed by atoms with Gasteiger partial charge in [-0.1, -0.05) is 0 Å². The molecular weight excluding hydrogens is 273 g/mol. The van der Waals surface area contributed by atoms with Gasteiger partial charge in [-0.2, -0.15) is 0 Å². The molecule has 1 heterocycles. The number of ether oxygens (including phenoxy) is 2. The summed E-state index contributed by atoms with van der Waals surface area (Å²) in [5.74, 6) is 0.455. The van der Waals surface area contributed by atoms with Crippen LogP contribution in [0.25, 0.3) is 0 Å². The van der Waals surface area contributed by atoms with Gasteiger partial charge in [0.1, 0.15) is 0 Å². The van der Waals surface area contributed by atoms with Crippen LogP contribution in [0.3, 0.4) is 0 Å². The molecule has 2 aromatic rings. The van der Waals surface area contributed by atoms with Crippen molar-refractivity contribution in [3.63, 3.8) is 0 Å². The zero-order valence-electron chi connectivity index (χ0n) is 12.7. The number of anilines is 2. The third-order valence-corrected chi connectivity index (χ3v) is 3.14. The van der Waals surface area contributed by atoms with Crippen LogP contribution < -0.4 is 10.1 Å². The van der Waals surface area contributed by atoms with E-state index in [0.717, 1.165) is 5.69 Å². The largest absolute Gasteiger partial charge is 0.494 e. The molecule has 0 bridgehead atoms. The van der Waals surface area contributed by atoms with Gasteiger partial charge < -0.3 is 19.4 Å². The number of hydrogen-bond acceptors (Lipinski definition) is 4. The highest BCUT2D eigenvalue weighted by molar-refractivity contribution is 5.55. The van der Waals surface area contributed by atoms with E-state index in [0.29, 0.717) is 18.2 Å². The van der Waals surface area contributed by atoms with E-state index < -0.39 is 5.82 Å². The second-order valence-electron chi connectivity index (χ2n) is 4.89. The monoisotopic (exact) mass is 293 g/mol. The van der Waals surface area contributed by atoms with Gasteiger partial charge in [-0.25, -0.2) is 9.37 Å². The minimum atomic E-state index is -0.415. The van der Waals surface area contributed by atoms with E-state index in [-0.39, 0.29) is 11.8 Å². The predicted octanol–water partition coefficient (Wildman–Crippen LogP) is 3.29. The molecule has 0 amide bonds. The average molecular weight is 293 g/mol. The van der Waals surface area contributed by atoms with Crippen LogP contribution in [0.1, 0.15) is 18.7 Å². The van der Waals surface area contributed by atoms with Gasteiger partial charge in [0, 0.05) is 25.1 Å². The quantitative estimate of drug-likeness (QED) is 0.888. The lowest BCUT2D eigenvalue weighted by atomic mass is 10.3. The molecule has 0 aliphatic heterocycles. The van der Waals surface area contributed by atoms with Gasteiger partial charge in [-0.3, -0.25) is 0 Å². The molecule has 0 saturated carbocycles. The first-order chi connectivity index (χ1) is 10.0. The Kier molecular flexibility index (Phi) is 4.80. The first-order valence-electron chi connectivity index (χ1n) is 6.70. The van der Waals surface area contributed by atoms with Crippen molar-refractivity contribution in [2.75, 3.05) is 26.1 Å². The molecule has 1 aromatic heterocycles. The zero-order chi connectivity index (χ0) is 15.4. The lowest BCUT2D eigenvalue weighted by molar-refractivity contribution is 0.163. The van der Waals surface area contributed by atoms with E-state index in [1.165, 1.54) is 13.2 Å². The summed E-state index contributed by atoms with van der Waals surface area (Å²) in [6.07, 6.45) is 1.94. The van der Waals surface area contributed by atoms with Crippen LogP contribution in [0.15, 0.2) is 24.4 Å². The number of aromatic nitrogens is 2. The predicted molar refractivity (Wildman–Crippen MR) is 79.8 cm³/mol. The topological polar surface area (TPSA) is 48.3 Å². The molecule has 0 fully saturated rings. The normalized spacial score (nSPS) is 12.2. The molecule has 1 atom stereocenters. The second-order valence-corrected chi connectivity index (χ2v) is 4.89. The standard InChI is InChI=1S/C15H20FN3O2/c1-10-8-19(11(2)9-20-3)15(17-10)18-12-5-6-14(21-4)13(16)7-12/h5-8,11H,9H2,1-4H3,(H,17,18). The summed E-state index contributed by atoms with van der Waals surface area (Å²) >= 11 is 0. The fourth-order valence-electron chi connectivity index (χ4n) is 2.14. The van der Waals surface area contributed by atoms with Crippen molar-refractivity contribution >= 4 is 11.6 Å². The molecule has 0 radical (unpaired) electrons. The summed E-state index contributed by atoms with van der Waals surface area (Å²) in [6.45, 7) is 4.52. The minimum absolute atomic E-state index is 0.127. The van der Waals surface area contributed by atoms with Gasteiger partial charge in [0.25, 0.3) is 0 Å². The van der Waals surface area contributed by atoms with E-state index >= 15 is 0 Å². The molecule has 0 saturated heterocycles. The molecule has 114 valence electrons. The van der Waals surface area contributed by atoms with Crippen LogP contribution in [-0.2, 0) is 4.74 Å². The average Bonchev–Trinajstić information content (AvgIpc) is 2.80. The first kappa shape index (κ1) is 15.3. The maximum atomic E-state index is 13.7. The van der Waals surface area contributed by atoms with Crippen molar-refractivity contribution in [1.29, 1.82) is 0 Å². The van der Waals surface area contributed by atoms with E-state index in [4.69, 9.17) is 9.47 Å². The molecule has 21 heavy (non-hydrogen) atoms. The third kappa shape index (κ3) is 3.52. The minimum Gasteiger partial charge on any atom is -0.494 e. The van der Waals surface area contributed by atoms with E-state index in [2.05, 4.69) is 10.3 Å². The molecule has 1 N–H and O–H groups in total. The number of benzene rings is 1. The molecule has 1 unspecified atom stereocenters. The van der Waals surface area contributed by atoms with Gasteiger partial charge >= 0.3 is 0 Å². The van der Waals surface area contributed by atoms with Crippen LogP contribution in [0.5, 0.6) is 5.75 Å². The maximum absolute atomic E-state index is 13.7. The maximum Gasteiger partial charge on any atom is 0.207 e. The van der Waals surface area contributed by atoms with Crippen LogP contribution in [0.2, 0.25) is 0 Å². The van der Waals surface area contributed by atoms with E-state index in [1.54, 1.807) is 19.2 Å². The number of nitrogens with zero attached hydrogens (tertiary/aromatic N) is 2. The summed E-state index contributed by atoms with van der Waals surface area (Å²) in [5, 5.41) is 3.13. The Morgan fingerprint density at radius 1 is 1.38 bits per heavy atom. The van der Waals surface area contributed by atoms with Crippen LogP contribution >= 0.6 is 0 Å². The van der Waals surface area contributed by atoms with Gasteiger partial charge in [-0.15, -0.1) is 0 Å². The Balaban J connectivity index is 2.25. The van der Waals surface area contributed by atoms with Crippen molar-refractivity contribution < 1.29 is 13.9 Å². The lowest BCUT2D eigenvalue weighted by Gasteiger charge is -2.16. The number of halogens is 1.